The molecule has 2 aromatic rings. The molecule has 0 unspecified atom stereocenters. The fourth-order valence-corrected chi connectivity index (χ4v) is 2.92. The van der Waals surface area contributed by atoms with Crippen LogP contribution in [0.1, 0.15) is 27.5 Å². The topological polar surface area (TPSA) is 42.0 Å². The maximum Gasteiger partial charge on any atom is 0.252 e. The van der Waals surface area contributed by atoms with E-state index in [9.17, 15) is 4.79 Å². The van der Waals surface area contributed by atoms with Crippen molar-refractivity contribution in [1.82, 2.24) is 10.3 Å². The summed E-state index contributed by atoms with van der Waals surface area (Å²) in [6.07, 6.45) is 1.71. The van der Waals surface area contributed by atoms with Crippen molar-refractivity contribution in [2.45, 2.75) is 19.8 Å². The summed E-state index contributed by atoms with van der Waals surface area (Å²) in [6.45, 7) is 2.56. The number of carbonyl (C=O) groups is 1. The van der Waals surface area contributed by atoms with Crippen LogP contribution in [-0.4, -0.2) is 17.4 Å². The van der Waals surface area contributed by atoms with Gasteiger partial charge in [0.15, 0.2) is 0 Å². The van der Waals surface area contributed by atoms with E-state index >= 15 is 0 Å². The number of rotatable bonds is 5. The number of halogens is 2. The molecule has 1 aromatic carbocycles. The molecule has 0 aliphatic rings. The number of benzene rings is 1. The Morgan fingerprint density at radius 3 is 2.90 bits per heavy atom. The van der Waals surface area contributed by atoms with Gasteiger partial charge in [0.05, 0.1) is 15.6 Å². The average Bonchev–Trinajstić information content (AvgIpc) is 2.83. The summed E-state index contributed by atoms with van der Waals surface area (Å²) in [4.78, 5) is 16.3. The molecule has 1 N–H and O–H groups in total. The molecule has 0 fully saturated rings. The Labute approximate surface area is 131 Å². The molecule has 0 saturated heterocycles. The smallest absolute Gasteiger partial charge is 0.252 e. The van der Waals surface area contributed by atoms with Crippen molar-refractivity contribution in [3.05, 3.63) is 49.9 Å². The molecule has 0 atom stereocenters. The number of hydrogen-bond donors (Lipinski definition) is 1. The van der Waals surface area contributed by atoms with E-state index in [2.05, 4.69) is 10.3 Å². The van der Waals surface area contributed by atoms with Gasteiger partial charge in [0.1, 0.15) is 0 Å². The van der Waals surface area contributed by atoms with Gasteiger partial charge in [0, 0.05) is 29.1 Å². The molecule has 0 aliphatic carbocycles. The fraction of sp³-hybridized carbons (Fsp3) is 0.286. The highest BCUT2D eigenvalue weighted by Crippen LogP contribution is 2.20. The number of aromatic nitrogens is 1. The van der Waals surface area contributed by atoms with E-state index in [1.54, 1.807) is 29.5 Å². The molecule has 0 saturated carbocycles. The van der Waals surface area contributed by atoms with Crippen LogP contribution in [0.5, 0.6) is 0 Å². The number of amides is 1. The molecule has 0 aliphatic heterocycles. The molecular formula is C14H14Cl2N2OS. The highest BCUT2D eigenvalue weighted by Gasteiger charge is 2.10. The van der Waals surface area contributed by atoms with Crippen molar-refractivity contribution in [2.24, 2.45) is 0 Å². The average molecular weight is 329 g/mol. The molecule has 1 amide bonds. The highest BCUT2D eigenvalue weighted by atomic mass is 35.5. The first-order chi connectivity index (χ1) is 9.56. The zero-order chi connectivity index (χ0) is 14.5. The fourth-order valence-electron chi connectivity index (χ4n) is 1.73. The van der Waals surface area contributed by atoms with E-state index < -0.39 is 0 Å². The Morgan fingerprint density at radius 2 is 2.20 bits per heavy atom. The minimum Gasteiger partial charge on any atom is -0.352 e. The summed E-state index contributed by atoms with van der Waals surface area (Å²) in [7, 11) is 0. The van der Waals surface area contributed by atoms with Gasteiger partial charge in [-0.05, 0) is 31.5 Å². The van der Waals surface area contributed by atoms with E-state index in [1.165, 1.54) is 0 Å². The molecule has 2 rings (SSSR count). The normalized spacial score (nSPS) is 10.6. The molecule has 0 bridgehead atoms. The summed E-state index contributed by atoms with van der Waals surface area (Å²) in [6, 6.07) is 4.85. The second-order valence-corrected chi connectivity index (χ2v) is 6.15. The summed E-state index contributed by atoms with van der Waals surface area (Å²) < 4.78 is 0. The molecule has 0 spiro atoms. The Balaban J connectivity index is 1.82. The second-order valence-electron chi connectivity index (χ2n) is 4.37. The molecule has 0 radical (unpaired) electrons. The Kier molecular flexibility index (Phi) is 5.40. The summed E-state index contributed by atoms with van der Waals surface area (Å²) in [5.74, 6) is -0.201. The number of hydrogen-bond acceptors (Lipinski definition) is 3. The number of carbonyl (C=O) groups excluding carboxylic acids is 1. The molecule has 6 heteroatoms. The summed E-state index contributed by atoms with van der Waals surface area (Å²) >= 11 is 13.5. The van der Waals surface area contributed by atoms with Gasteiger partial charge in [0.2, 0.25) is 0 Å². The molecule has 106 valence electrons. The van der Waals surface area contributed by atoms with E-state index in [1.807, 2.05) is 12.3 Å². The zero-order valence-electron chi connectivity index (χ0n) is 11.0. The lowest BCUT2D eigenvalue weighted by Crippen LogP contribution is -2.25. The van der Waals surface area contributed by atoms with E-state index in [0.717, 1.165) is 23.5 Å². The Bertz CT molecular complexity index is 613. The van der Waals surface area contributed by atoms with E-state index in [-0.39, 0.29) is 5.91 Å². The largest absolute Gasteiger partial charge is 0.352 e. The van der Waals surface area contributed by atoms with Gasteiger partial charge in [-0.3, -0.25) is 4.79 Å². The van der Waals surface area contributed by atoms with Crippen LogP contribution in [0.3, 0.4) is 0 Å². The molecule has 20 heavy (non-hydrogen) atoms. The summed E-state index contributed by atoms with van der Waals surface area (Å²) in [5.41, 5.74) is 1.45. The zero-order valence-corrected chi connectivity index (χ0v) is 13.3. The number of nitrogens with one attached hydrogen (secondary N) is 1. The van der Waals surface area contributed by atoms with E-state index in [0.29, 0.717) is 22.2 Å². The maximum absolute atomic E-state index is 12.0. The lowest BCUT2D eigenvalue weighted by atomic mass is 10.2. The van der Waals surface area contributed by atoms with Crippen LogP contribution in [0.15, 0.2) is 23.6 Å². The van der Waals surface area contributed by atoms with Gasteiger partial charge in [-0.15, -0.1) is 11.3 Å². The number of thiazole rings is 1. The third kappa shape index (κ3) is 4.20. The Morgan fingerprint density at radius 1 is 1.40 bits per heavy atom. The predicted molar refractivity (Wildman–Crippen MR) is 84.0 cm³/mol. The minimum atomic E-state index is -0.201. The van der Waals surface area contributed by atoms with Crippen LogP contribution in [0.2, 0.25) is 10.0 Å². The second kappa shape index (κ2) is 7.07. The van der Waals surface area contributed by atoms with Crippen LogP contribution in [0, 0.1) is 6.92 Å². The first-order valence-electron chi connectivity index (χ1n) is 6.20. The van der Waals surface area contributed by atoms with Gasteiger partial charge >= 0.3 is 0 Å². The van der Waals surface area contributed by atoms with Crippen molar-refractivity contribution >= 4 is 40.4 Å². The van der Waals surface area contributed by atoms with Gasteiger partial charge in [-0.25, -0.2) is 4.98 Å². The number of nitrogens with zero attached hydrogens (tertiary/aromatic N) is 1. The first-order valence-corrected chi connectivity index (χ1v) is 7.84. The van der Waals surface area contributed by atoms with Crippen molar-refractivity contribution < 1.29 is 4.79 Å². The number of aryl methyl sites for hydroxylation is 2. The van der Waals surface area contributed by atoms with Gasteiger partial charge in [-0.2, -0.15) is 0 Å². The minimum absolute atomic E-state index is 0.201. The van der Waals surface area contributed by atoms with Crippen LogP contribution in [0.4, 0.5) is 0 Å². The third-order valence-corrected chi connectivity index (χ3v) is 4.28. The highest BCUT2D eigenvalue weighted by molar-refractivity contribution is 7.09. The molecule has 3 nitrogen and oxygen atoms in total. The molecule has 1 aromatic heterocycles. The lowest BCUT2D eigenvalue weighted by Gasteiger charge is -2.06. The SMILES string of the molecule is Cc1csc(CCCNC(=O)c2cc(Cl)ccc2Cl)n1. The maximum atomic E-state index is 12.0. The third-order valence-electron chi connectivity index (χ3n) is 2.69. The van der Waals surface area contributed by atoms with Crippen molar-refractivity contribution in [3.8, 4) is 0 Å². The van der Waals surface area contributed by atoms with Crippen LogP contribution in [-0.2, 0) is 6.42 Å². The molecular weight excluding hydrogens is 315 g/mol. The van der Waals surface area contributed by atoms with E-state index in [4.69, 9.17) is 23.2 Å². The summed E-state index contributed by atoms with van der Waals surface area (Å²) in [5, 5.41) is 6.86. The van der Waals surface area contributed by atoms with Gasteiger partial charge < -0.3 is 5.32 Å². The van der Waals surface area contributed by atoms with Crippen LogP contribution < -0.4 is 5.32 Å². The van der Waals surface area contributed by atoms with Crippen molar-refractivity contribution in [3.63, 3.8) is 0 Å². The van der Waals surface area contributed by atoms with Gasteiger partial charge in [0.25, 0.3) is 5.91 Å². The Hall–Kier alpha value is -1.10. The van der Waals surface area contributed by atoms with Crippen LogP contribution >= 0.6 is 34.5 Å². The lowest BCUT2D eigenvalue weighted by molar-refractivity contribution is 0.0953. The van der Waals surface area contributed by atoms with Crippen molar-refractivity contribution in [2.75, 3.05) is 6.54 Å². The standard InChI is InChI=1S/C14H14Cl2N2OS/c1-9-8-20-13(18-9)3-2-6-17-14(19)11-7-10(15)4-5-12(11)16/h4-5,7-8H,2-3,6H2,1H3,(H,17,19). The first kappa shape index (κ1) is 15.3. The monoisotopic (exact) mass is 328 g/mol. The van der Waals surface area contributed by atoms with Crippen LogP contribution in [0.25, 0.3) is 0 Å². The molecule has 1 heterocycles. The van der Waals surface area contributed by atoms with Crippen molar-refractivity contribution in [1.29, 1.82) is 0 Å². The quantitative estimate of drug-likeness (QED) is 0.839. The van der Waals surface area contributed by atoms with Gasteiger partial charge in [-0.1, -0.05) is 23.2 Å². The predicted octanol–water partition coefficient (Wildman–Crippen LogP) is 4.12.